The van der Waals surface area contributed by atoms with Crippen LogP contribution in [0.15, 0.2) is 60.8 Å². The molecular formula is C25H28N4O4. The van der Waals surface area contributed by atoms with Gasteiger partial charge in [-0.25, -0.2) is 0 Å². The van der Waals surface area contributed by atoms with Crippen LogP contribution in [0, 0.1) is 0 Å². The number of rotatable bonds is 10. The van der Waals surface area contributed by atoms with Crippen LogP contribution in [0.25, 0.3) is 11.1 Å². The third-order valence-electron chi connectivity index (χ3n) is 5.07. The fourth-order valence-electron chi connectivity index (χ4n) is 3.22. The quantitative estimate of drug-likeness (QED) is 0.250. The van der Waals surface area contributed by atoms with Gasteiger partial charge in [0.15, 0.2) is 0 Å². The fraction of sp³-hybridized carbons (Fsp3) is 0.240. The van der Waals surface area contributed by atoms with E-state index in [4.69, 9.17) is 10.5 Å². The predicted molar refractivity (Wildman–Crippen MR) is 128 cm³/mol. The van der Waals surface area contributed by atoms with E-state index < -0.39 is 6.10 Å². The maximum absolute atomic E-state index is 12.6. The van der Waals surface area contributed by atoms with Gasteiger partial charge in [-0.05, 0) is 54.8 Å². The monoisotopic (exact) mass is 448 g/mol. The number of nitrogens with zero attached hydrogens (tertiary/aromatic N) is 1. The highest BCUT2D eigenvalue weighted by molar-refractivity contribution is 6.05. The largest absolute Gasteiger partial charge is 0.399 e. The molecule has 0 aliphatic heterocycles. The zero-order valence-corrected chi connectivity index (χ0v) is 18.7. The molecule has 0 fully saturated rings. The second-order valence-electron chi connectivity index (χ2n) is 7.70. The molecule has 4 N–H and O–H groups in total. The van der Waals surface area contributed by atoms with E-state index in [0.29, 0.717) is 42.2 Å². The van der Waals surface area contributed by atoms with Crippen LogP contribution in [0.4, 0.5) is 11.4 Å². The molecule has 1 atom stereocenters. The van der Waals surface area contributed by atoms with E-state index >= 15 is 0 Å². The van der Waals surface area contributed by atoms with E-state index in [0.717, 1.165) is 17.4 Å². The Hall–Kier alpha value is -3.91. The first-order valence-electron chi connectivity index (χ1n) is 10.7. The lowest BCUT2D eigenvalue weighted by Crippen LogP contribution is -2.27. The Morgan fingerprint density at radius 2 is 1.70 bits per heavy atom. The first kappa shape index (κ1) is 23.7. The van der Waals surface area contributed by atoms with Crippen LogP contribution in [-0.2, 0) is 16.6 Å². The summed E-state index contributed by atoms with van der Waals surface area (Å²) in [7, 11) is 1.74. The smallest absolute Gasteiger partial charge is 0.267 e. The van der Waals surface area contributed by atoms with E-state index in [1.54, 1.807) is 42.9 Å². The molecule has 1 unspecified atom stereocenters. The standard InChI is InChI=1S/C25H28N4O4/c1-17(16-30)33-13-3-12-27-25(32)23-14-22(15-29(23)2)28-24(31)20-6-4-18(5-7-20)19-8-10-21(26)11-9-19/h4-11,14-17H,3,12-13,26H2,1-2H3,(H,27,32)(H,28,31). The molecular weight excluding hydrogens is 420 g/mol. The van der Waals surface area contributed by atoms with Gasteiger partial charge in [0.2, 0.25) is 0 Å². The molecule has 0 saturated carbocycles. The summed E-state index contributed by atoms with van der Waals surface area (Å²) >= 11 is 0. The zero-order chi connectivity index (χ0) is 23.8. The van der Waals surface area contributed by atoms with Gasteiger partial charge >= 0.3 is 0 Å². The van der Waals surface area contributed by atoms with Gasteiger partial charge in [0.05, 0.1) is 5.69 Å². The normalized spacial score (nSPS) is 11.6. The highest BCUT2D eigenvalue weighted by Crippen LogP contribution is 2.21. The summed E-state index contributed by atoms with van der Waals surface area (Å²) in [6, 6.07) is 16.4. The molecule has 1 heterocycles. The molecule has 0 radical (unpaired) electrons. The Kier molecular flexibility index (Phi) is 7.99. The van der Waals surface area contributed by atoms with Crippen molar-refractivity contribution in [1.82, 2.24) is 9.88 Å². The number of aromatic nitrogens is 1. The van der Waals surface area contributed by atoms with Crippen molar-refractivity contribution in [2.75, 3.05) is 24.2 Å². The average molecular weight is 449 g/mol. The molecule has 8 nitrogen and oxygen atoms in total. The lowest BCUT2D eigenvalue weighted by molar-refractivity contribution is -0.117. The number of aryl methyl sites for hydroxylation is 1. The molecule has 2 amide bonds. The molecule has 33 heavy (non-hydrogen) atoms. The lowest BCUT2D eigenvalue weighted by atomic mass is 10.0. The number of nitrogens with two attached hydrogens (primary N) is 1. The third kappa shape index (κ3) is 6.54. The highest BCUT2D eigenvalue weighted by Gasteiger charge is 2.14. The second-order valence-corrected chi connectivity index (χ2v) is 7.70. The first-order chi connectivity index (χ1) is 15.9. The summed E-state index contributed by atoms with van der Waals surface area (Å²) in [5, 5.41) is 5.63. The lowest BCUT2D eigenvalue weighted by Gasteiger charge is -2.08. The van der Waals surface area contributed by atoms with Crippen LogP contribution >= 0.6 is 0 Å². The molecule has 3 aromatic rings. The topological polar surface area (TPSA) is 115 Å². The van der Waals surface area contributed by atoms with Crippen molar-refractivity contribution in [3.8, 4) is 11.1 Å². The number of aldehydes is 1. The van der Waals surface area contributed by atoms with Crippen LogP contribution in [-0.4, -0.2) is 41.9 Å². The van der Waals surface area contributed by atoms with Gasteiger partial charge in [-0.2, -0.15) is 0 Å². The summed E-state index contributed by atoms with van der Waals surface area (Å²) < 4.78 is 6.91. The molecule has 0 aliphatic rings. The third-order valence-corrected chi connectivity index (χ3v) is 5.07. The number of hydrogen-bond acceptors (Lipinski definition) is 5. The number of nitrogens with one attached hydrogen (secondary N) is 2. The molecule has 0 aliphatic carbocycles. The summed E-state index contributed by atoms with van der Waals surface area (Å²) in [6.07, 6.45) is 2.55. The van der Waals surface area contributed by atoms with Crippen molar-refractivity contribution in [3.63, 3.8) is 0 Å². The number of ether oxygens (including phenoxy) is 1. The molecule has 8 heteroatoms. The Morgan fingerprint density at radius 3 is 2.33 bits per heavy atom. The van der Waals surface area contributed by atoms with Gasteiger partial charge in [0.25, 0.3) is 11.8 Å². The number of amides is 2. The van der Waals surface area contributed by atoms with Crippen molar-refractivity contribution in [3.05, 3.63) is 72.1 Å². The minimum absolute atomic E-state index is 0.255. The van der Waals surface area contributed by atoms with Crippen LogP contribution < -0.4 is 16.4 Å². The molecule has 1 aromatic heterocycles. The Balaban J connectivity index is 1.55. The maximum Gasteiger partial charge on any atom is 0.267 e. The number of nitrogen functional groups attached to an aromatic ring is 1. The average Bonchev–Trinajstić information content (AvgIpc) is 3.19. The first-order valence-corrected chi connectivity index (χ1v) is 10.7. The van der Waals surface area contributed by atoms with Crippen LogP contribution in [0.3, 0.4) is 0 Å². The van der Waals surface area contributed by atoms with Gasteiger partial charge < -0.3 is 30.5 Å². The Labute approximate surface area is 192 Å². The molecule has 172 valence electrons. The van der Waals surface area contributed by atoms with E-state index in [9.17, 15) is 14.4 Å². The van der Waals surface area contributed by atoms with E-state index in [1.807, 2.05) is 36.4 Å². The number of anilines is 2. The van der Waals surface area contributed by atoms with Crippen LogP contribution in [0.5, 0.6) is 0 Å². The Bertz CT molecular complexity index is 1100. The van der Waals surface area contributed by atoms with Crippen molar-refractivity contribution >= 4 is 29.5 Å². The summed E-state index contributed by atoms with van der Waals surface area (Å²) in [4.78, 5) is 35.6. The maximum atomic E-state index is 12.6. The second kappa shape index (κ2) is 11.1. The number of carbonyl (C=O) groups excluding carboxylic acids is 3. The number of hydrogen-bond donors (Lipinski definition) is 3. The van der Waals surface area contributed by atoms with Crippen molar-refractivity contribution in [2.45, 2.75) is 19.4 Å². The molecule has 0 bridgehead atoms. The van der Waals surface area contributed by atoms with Crippen LogP contribution in [0.1, 0.15) is 34.2 Å². The summed E-state index contributed by atoms with van der Waals surface area (Å²) in [6.45, 7) is 2.46. The van der Waals surface area contributed by atoms with Gasteiger partial charge in [-0.3, -0.25) is 9.59 Å². The molecule has 0 spiro atoms. The molecule has 2 aromatic carbocycles. The Morgan fingerprint density at radius 1 is 1.06 bits per heavy atom. The van der Waals surface area contributed by atoms with E-state index in [-0.39, 0.29) is 11.8 Å². The zero-order valence-electron chi connectivity index (χ0n) is 18.7. The summed E-state index contributed by atoms with van der Waals surface area (Å²) in [5.74, 6) is -0.521. The summed E-state index contributed by atoms with van der Waals surface area (Å²) in [5.41, 5.74) is 9.88. The van der Waals surface area contributed by atoms with Crippen LogP contribution in [0.2, 0.25) is 0 Å². The minimum Gasteiger partial charge on any atom is -0.399 e. The fourth-order valence-corrected chi connectivity index (χ4v) is 3.22. The van der Waals surface area contributed by atoms with Crippen molar-refractivity contribution in [2.24, 2.45) is 7.05 Å². The van der Waals surface area contributed by atoms with Gasteiger partial charge in [0, 0.05) is 37.6 Å². The van der Waals surface area contributed by atoms with E-state index in [1.165, 1.54) is 0 Å². The van der Waals surface area contributed by atoms with Gasteiger partial charge in [-0.1, -0.05) is 24.3 Å². The number of carbonyl (C=O) groups is 3. The van der Waals surface area contributed by atoms with Crippen molar-refractivity contribution in [1.29, 1.82) is 0 Å². The highest BCUT2D eigenvalue weighted by atomic mass is 16.5. The van der Waals surface area contributed by atoms with Gasteiger partial charge in [-0.15, -0.1) is 0 Å². The molecule has 0 saturated heterocycles. The molecule has 3 rings (SSSR count). The number of benzene rings is 2. The van der Waals surface area contributed by atoms with Gasteiger partial charge in [0.1, 0.15) is 18.1 Å². The van der Waals surface area contributed by atoms with E-state index in [2.05, 4.69) is 10.6 Å². The predicted octanol–water partition coefficient (Wildman–Crippen LogP) is 3.25. The minimum atomic E-state index is -0.450. The SMILES string of the molecule is CC(C=O)OCCCNC(=O)c1cc(NC(=O)c2ccc(-c3ccc(N)cc3)cc2)cn1C. The van der Waals surface area contributed by atoms with Crippen molar-refractivity contribution < 1.29 is 19.1 Å².